The molecule has 4 rings (SSSR count). The Morgan fingerprint density at radius 1 is 0.929 bits per heavy atom. The summed E-state index contributed by atoms with van der Waals surface area (Å²) < 4.78 is 34.1. The van der Waals surface area contributed by atoms with Crippen LogP contribution in [0.4, 0.5) is 0 Å². The molecule has 0 atom stereocenters. The van der Waals surface area contributed by atoms with Crippen LogP contribution in [-0.2, 0) is 16.7 Å². The molecule has 0 N–H and O–H groups in total. The first-order valence-corrected chi connectivity index (χ1v) is 10.8. The fourth-order valence-electron chi connectivity index (χ4n) is 3.32. The summed E-state index contributed by atoms with van der Waals surface area (Å²) in [5, 5.41) is 0.206. The average Bonchev–Trinajstić information content (AvgIpc) is 2.97. The van der Waals surface area contributed by atoms with Crippen molar-refractivity contribution in [1.82, 2.24) is 13.8 Å². The van der Waals surface area contributed by atoms with Crippen LogP contribution < -0.4 is 5.76 Å². The summed E-state index contributed by atoms with van der Waals surface area (Å²) in [6.45, 7) is 1.81. The molecule has 0 unspecified atom stereocenters. The predicted molar refractivity (Wildman–Crippen MR) is 107 cm³/mol. The molecule has 1 fully saturated rings. The van der Waals surface area contributed by atoms with E-state index < -0.39 is 15.8 Å². The second-order valence-corrected chi connectivity index (χ2v) is 9.17. The maximum atomic E-state index is 12.9. The summed E-state index contributed by atoms with van der Waals surface area (Å²) in [5.41, 5.74) is 1.24. The van der Waals surface area contributed by atoms with Crippen LogP contribution in [0.1, 0.15) is 0 Å². The van der Waals surface area contributed by atoms with E-state index in [1.54, 1.807) is 22.8 Å². The highest BCUT2D eigenvalue weighted by Gasteiger charge is 2.32. The predicted octanol–water partition coefficient (Wildman–Crippen LogP) is 2.87. The van der Waals surface area contributed by atoms with Crippen LogP contribution in [-0.4, -0.2) is 48.4 Å². The van der Waals surface area contributed by atoms with E-state index in [1.165, 1.54) is 16.4 Å². The monoisotopic (exact) mass is 441 g/mol. The normalized spacial score (nSPS) is 16.6. The number of benzene rings is 2. The lowest BCUT2D eigenvalue weighted by molar-refractivity contribution is 0.150. The number of sulfonamides is 1. The lowest BCUT2D eigenvalue weighted by atomic mass is 10.3. The van der Waals surface area contributed by atoms with Crippen LogP contribution in [0.5, 0.6) is 0 Å². The van der Waals surface area contributed by atoms with Crippen LogP contribution in [0, 0.1) is 0 Å². The molecule has 0 saturated carbocycles. The number of hydrogen-bond donors (Lipinski definition) is 0. The van der Waals surface area contributed by atoms with E-state index in [-0.39, 0.29) is 28.0 Å². The molecule has 7 nitrogen and oxygen atoms in total. The topological polar surface area (TPSA) is 75.8 Å². The summed E-state index contributed by atoms with van der Waals surface area (Å²) in [5.74, 6) is -0.431. The molecule has 1 aliphatic rings. The highest BCUT2D eigenvalue weighted by Crippen LogP contribution is 2.31. The van der Waals surface area contributed by atoms with Crippen molar-refractivity contribution in [2.45, 2.75) is 11.6 Å². The van der Waals surface area contributed by atoms with Gasteiger partial charge in [-0.15, -0.1) is 0 Å². The number of piperazine rings is 1. The first-order chi connectivity index (χ1) is 13.4. The minimum atomic E-state index is -3.80. The molecule has 1 aliphatic heterocycles. The lowest BCUT2D eigenvalue weighted by Gasteiger charge is -2.34. The Labute approximate surface area is 171 Å². The second kappa shape index (κ2) is 7.53. The minimum Gasteiger partial charge on any atom is -0.408 e. The molecular weight excluding hydrogens is 425 g/mol. The fourth-order valence-corrected chi connectivity index (χ4v) is 5.83. The third kappa shape index (κ3) is 3.46. The van der Waals surface area contributed by atoms with Gasteiger partial charge in [-0.1, -0.05) is 41.4 Å². The van der Waals surface area contributed by atoms with Gasteiger partial charge in [0.1, 0.15) is 4.90 Å². The number of halogens is 2. The van der Waals surface area contributed by atoms with Crippen molar-refractivity contribution >= 4 is 44.3 Å². The molecule has 1 aromatic heterocycles. The molecule has 2 aromatic carbocycles. The van der Waals surface area contributed by atoms with Gasteiger partial charge in [0.15, 0.2) is 5.58 Å². The van der Waals surface area contributed by atoms with Crippen molar-refractivity contribution in [2.24, 2.45) is 0 Å². The zero-order valence-corrected chi connectivity index (χ0v) is 17.0. The number of hydrogen-bond acceptors (Lipinski definition) is 5. The fraction of sp³-hybridized carbons (Fsp3) is 0.278. The molecule has 1 saturated heterocycles. The first kappa shape index (κ1) is 19.5. The summed E-state index contributed by atoms with van der Waals surface area (Å²) >= 11 is 12.2. The molecular formula is C18H17Cl2N3O4S. The minimum absolute atomic E-state index is 0.0659. The van der Waals surface area contributed by atoms with Gasteiger partial charge in [-0.25, -0.2) is 13.2 Å². The van der Waals surface area contributed by atoms with Gasteiger partial charge in [-0.3, -0.25) is 9.47 Å². The SMILES string of the molecule is O=c1oc2ccccc2n1CN1CCN(S(=O)(=O)c2c(Cl)cccc2Cl)CC1. The zero-order chi connectivity index (χ0) is 19.9. The Balaban J connectivity index is 1.50. The van der Waals surface area contributed by atoms with E-state index in [1.807, 2.05) is 17.0 Å². The van der Waals surface area contributed by atoms with Crippen molar-refractivity contribution in [3.63, 3.8) is 0 Å². The Morgan fingerprint density at radius 3 is 2.25 bits per heavy atom. The van der Waals surface area contributed by atoms with Crippen molar-refractivity contribution < 1.29 is 12.8 Å². The number of nitrogens with zero attached hydrogens (tertiary/aromatic N) is 3. The van der Waals surface area contributed by atoms with E-state index in [0.29, 0.717) is 30.9 Å². The van der Waals surface area contributed by atoms with Gasteiger partial charge in [0.05, 0.1) is 22.2 Å². The molecule has 3 aromatic rings. The molecule has 10 heteroatoms. The quantitative estimate of drug-likeness (QED) is 0.621. The van der Waals surface area contributed by atoms with E-state index >= 15 is 0 Å². The van der Waals surface area contributed by atoms with Crippen LogP contribution in [0.2, 0.25) is 10.0 Å². The first-order valence-electron chi connectivity index (χ1n) is 8.63. The number of oxazole rings is 1. The van der Waals surface area contributed by atoms with Gasteiger partial charge >= 0.3 is 5.76 Å². The molecule has 2 heterocycles. The van der Waals surface area contributed by atoms with Crippen LogP contribution in [0.25, 0.3) is 11.1 Å². The molecule has 0 amide bonds. The van der Waals surface area contributed by atoms with Gasteiger partial charge in [-0.2, -0.15) is 4.31 Å². The van der Waals surface area contributed by atoms with E-state index in [4.69, 9.17) is 27.6 Å². The van der Waals surface area contributed by atoms with Crippen molar-refractivity contribution in [2.75, 3.05) is 26.2 Å². The number of aromatic nitrogens is 1. The third-order valence-electron chi connectivity index (χ3n) is 4.76. The molecule has 28 heavy (non-hydrogen) atoms. The number of rotatable bonds is 4. The molecule has 0 radical (unpaired) electrons. The molecule has 0 bridgehead atoms. The van der Waals surface area contributed by atoms with E-state index in [9.17, 15) is 13.2 Å². The highest BCUT2D eigenvalue weighted by atomic mass is 35.5. The molecule has 148 valence electrons. The number of para-hydroxylation sites is 2. The van der Waals surface area contributed by atoms with Gasteiger partial charge in [-0.05, 0) is 24.3 Å². The van der Waals surface area contributed by atoms with Crippen LogP contribution >= 0.6 is 23.2 Å². The zero-order valence-electron chi connectivity index (χ0n) is 14.7. The van der Waals surface area contributed by atoms with E-state index in [2.05, 4.69) is 0 Å². The summed E-state index contributed by atoms with van der Waals surface area (Å²) in [6.07, 6.45) is 0. The Hall–Kier alpha value is -1.84. The largest absolute Gasteiger partial charge is 0.421 e. The molecule has 0 spiro atoms. The lowest BCUT2D eigenvalue weighted by Crippen LogP contribution is -2.49. The van der Waals surface area contributed by atoms with Crippen molar-refractivity contribution in [1.29, 1.82) is 0 Å². The van der Waals surface area contributed by atoms with Gasteiger partial charge in [0, 0.05) is 26.2 Å². The van der Waals surface area contributed by atoms with Crippen LogP contribution in [0.15, 0.2) is 56.6 Å². The maximum absolute atomic E-state index is 12.9. The smallest absolute Gasteiger partial charge is 0.408 e. The Morgan fingerprint density at radius 2 is 1.57 bits per heavy atom. The Kier molecular flexibility index (Phi) is 5.24. The average molecular weight is 442 g/mol. The van der Waals surface area contributed by atoms with Gasteiger partial charge in [0.2, 0.25) is 10.0 Å². The Bertz CT molecular complexity index is 1160. The molecule has 0 aliphatic carbocycles. The van der Waals surface area contributed by atoms with E-state index in [0.717, 1.165) is 0 Å². The van der Waals surface area contributed by atoms with Gasteiger partial charge in [0.25, 0.3) is 0 Å². The highest BCUT2D eigenvalue weighted by molar-refractivity contribution is 7.89. The van der Waals surface area contributed by atoms with Crippen LogP contribution in [0.3, 0.4) is 0 Å². The summed E-state index contributed by atoms with van der Waals surface area (Å²) in [6, 6.07) is 11.8. The second-order valence-electron chi connectivity index (χ2n) is 6.48. The van der Waals surface area contributed by atoms with Crippen molar-refractivity contribution in [3.05, 3.63) is 63.1 Å². The summed E-state index contributed by atoms with van der Waals surface area (Å²) in [4.78, 5) is 14.1. The van der Waals surface area contributed by atoms with Crippen molar-refractivity contribution in [3.8, 4) is 0 Å². The van der Waals surface area contributed by atoms with Gasteiger partial charge < -0.3 is 4.42 Å². The third-order valence-corrected chi connectivity index (χ3v) is 7.62. The maximum Gasteiger partial charge on any atom is 0.421 e. The summed E-state index contributed by atoms with van der Waals surface area (Å²) in [7, 11) is -3.80. The standard InChI is InChI=1S/C18H17Cl2N3O4S/c19-13-4-3-5-14(20)17(13)28(25,26)22-10-8-21(9-11-22)12-23-15-6-1-2-7-16(15)27-18(23)24/h1-7H,8-12H2. The number of fused-ring (bicyclic) bond motifs is 1.